The topological polar surface area (TPSA) is 16.1 Å². The molecule has 0 spiro atoms. The Morgan fingerprint density at radius 2 is 1.89 bits per heavy atom. The molecule has 1 aromatic heterocycles. The van der Waals surface area contributed by atoms with Gasteiger partial charge in [0.1, 0.15) is 0 Å². The van der Waals surface area contributed by atoms with Crippen LogP contribution in [-0.4, -0.2) is 22.0 Å². The fourth-order valence-corrected chi connectivity index (χ4v) is 3.77. The summed E-state index contributed by atoms with van der Waals surface area (Å²) in [4.78, 5) is 6.98. The van der Waals surface area contributed by atoms with Crippen LogP contribution in [0.25, 0.3) is 0 Å². The fraction of sp³-hybridized carbons (Fsp3) is 0.562. The van der Waals surface area contributed by atoms with Crippen LogP contribution in [0.4, 0.5) is 0 Å². The third kappa shape index (κ3) is 1.89. The third-order valence-corrected chi connectivity index (χ3v) is 4.82. The normalized spacial score (nSPS) is 30.9. The predicted molar refractivity (Wildman–Crippen MR) is 72.1 cm³/mol. The van der Waals surface area contributed by atoms with Gasteiger partial charge in [-0.2, -0.15) is 0 Å². The average Bonchev–Trinajstić information content (AvgIpc) is 3.21. The standard InChI is InChI=1S/C16H20N2/c1-2-12(10-17-7-1)11-18-15-5-6-16(18)9-14(8-15)13-3-4-13/h1-2,7,10,15-16H,3-6,8-9,11H2. The first-order chi connectivity index (χ1) is 8.90. The minimum Gasteiger partial charge on any atom is -0.292 e. The maximum atomic E-state index is 4.24. The summed E-state index contributed by atoms with van der Waals surface area (Å²) in [5, 5.41) is 0. The quantitative estimate of drug-likeness (QED) is 0.737. The van der Waals surface area contributed by atoms with Crippen LogP contribution in [0, 0.1) is 0 Å². The second-order valence-corrected chi connectivity index (χ2v) is 6.03. The van der Waals surface area contributed by atoms with Crippen molar-refractivity contribution in [1.29, 1.82) is 0 Å². The summed E-state index contributed by atoms with van der Waals surface area (Å²) in [6.45, 7) is 1.10. The van der Waals surface area contributed by atoms with Crippen LogP contribution in [0.15, 0.2) is 35.7 Å². The molecule has 2 saturated heterocycles. The number of allylic oxidation sites excluding steroid dienone is 1. The number of nitrogens with zero attached hydrogens (tertiary/aromatic N) is 2. The Hall–Kier alpha value is -1.15. The van der Waals surface area contributed by atoms with Crippen molar-refractivity contribution in [2.45, 2.75) is 57.2 Å². The largest absolute Gasteiger partial charge is 0.292 e. The lowest BCUT2D eigenvalue weighted by Crippen LogP contribution is -2.39. The molecule has 3 aliphatic rings. The molecule has 18 heavy (non-hydrogen) atoms. The summed E-state index contributed by atoms with van der Waals surface area (Å²) in [5.41, 5.74) is 5.00. The molecule has 2 unspecified atom stereocenters. The van der Waals surface area contributed by atoms with E-state index in [0.29, 0.717) is 0 Å². The number of aromatic nitrogens is 1. The van der Waals surface area contributed by atoms with E-state index in [4.69, 9.17) is 0 Å². The van der Waals surface area contributed by atoms with E-state index in [0.717, 1.165) is 18.6 Å². The summed E-state index contributed by atoms with van der Waals surface area (Å²) in [6.07, 6.45) is 12.2. The van der Waals surface area contributed by atoms with Gasteiger partial charge < -0.3 is 0 Å². The molecule has 0 radical (unpaired) electrons. The zero-order valence-electron chi connectivity index (χ0n) is 10.8. The van der Waals surface area contributed by atoms with Crippen LogP contribution >= 0.6 is 0 Å². The Labute approximate surface area is 109 Å². The van der Waals surface area contributed by atoms with E-state index in [1.807, 2.05) is 18.0 Å². The van der Waals surface area contributed by atoms with Crippen LogP contribution < -0.4 is 0 Å². The minimum absolute atomic E-state index is 0.812. The average molecular weight is 240 g/mol. The molecule has 3 heterocycles. The smallest absolute Gasteiger partial charge is 0.0312 e. The van der Waals surface area contributed by atoms with Gasteiger partial charge in [0.2, 0.25) is 0 Å². The van der Waals surface area contributed by atoms with Gasteiger partial charge in [0.05, 0.1) is 0 Å². The minimum atomic E-state index is 0.812. The van der Waals surface area contributed by atoms with Crippen molar-refractivity contribution in [3.05, 3.63) is 41.2 Å². The van der Waals surface area contributed by atoms with E-state index in [-0.39, 0.29) is 0 Å². The Bertz CT molecular complexity index is 455. The molecular weight excluding hydrogens is 220 g/mol. The Morgan fingerprint density at radius 1 is 1.11 bits per heavy atom. The lowest BCUT2D eigenvalue weighted by atomic mass is 9.95. The van der Waals surface area contributed by atoms with Crippen molar-refractivity contribution in [2.24, 2.45) is 0 Å². The maximum absolute atomic E-state index is 4.24. The lowest BCUT2D eigenvalue weighted by Gasteiger charge is -2.36. The first-order valence-electron chi connectivity index (χ1n) is 7.24. The van der Waals surface area contributed by atoms with Gasteiger partial charge in [-0.05, 0) is 50.2 Å². The molecule has 2 bridgehead atoms. The SMILES string of the molecule is c1cncc(CN2C3CCC2CC(=C2CC2)C3)c1. The summed E-state index contributed by atoms with van der Waals surface area (Å²) >= 11 is 0. The number of rotatable bonds is 2. The summed E-state index contributed by atoms with van der Waals surface area (Å²) < 4.78 is 0. The Balaban J connectivity index is 1.52. The molecule has 3 fully saturated rings. The first-order valence-corrected chi connectivity index (χ1v) is 7.24. The Morgan fingerprint density at radius 3 is 2.50 bits per heavy atom. The molecule has 4 rings (SSSR count). The van der Waals surface area contributed by atoms with E-state index in [2.05, 4.69) is 22.0 Å². The van der Waals surface area contributed by atoms with Crippen LogP contribution in [0.3, 0.4) is 0 Å². The first kappa shape index (κ1) is 10.7. The van der Waals surface area contributed by atoms with Crippen LogP contribution in [0.2, 0.25) is 0 Å². The highest BCUT2D eigenvalue weighted by atomic mass is 15.2. The molecule has 0 amide bonds. The molecular formula is C16H20N2. The van der Waals surface area contributed by atoms with Crippen molar-refractivity contribution in [2.75, 3.05) is 0 Å². The molecule has 0 aromatic carbocycles. The predicted octanol–water partition coefficient (Wildman–Crippen LogP) is 3.30. The monoisotopic (exact) mass is 240 g/mol. The second kappa shape index (κ2) is 4.20. The van der Waals surface area contributed by atoms with E-state index >= 15 is 0 Å². The zero-order chi connectivity index (χ0) is 11.9. The molecule has 1 saturated carbocycles. The van der Waals surface area contributed by atoms with Gasteiger partial charge in [-0.3, -0.25) is 9.88 Å². The van der Waals surface area contributed by atoms with Gasteiger partial charge in [0, 0.05) is 31.0 Å². The van der Waals surface area contributed by atoms with E-state index in [1.165, 1.54) is 44.1 Å². The number of hydrogen-bond donors (Lipinski definition) is 0. The number of pyridine rings is 1. The second-order valence-electron chi connectivity index (χ2n) is 6.03. The number of piperidine rings is 1. The number of hydrogen-bond acceptors (Lipinski definition) is 2. The number of fused-ring (bicyclic) bond motifs is 2. The molecule has 2 atom stereocenters. The maximum Gasteiger partial charge on any atom is 0.0312 e. The van der Waals surface area contributed by atoms with Gasteiger partial charge in [-0.1, -0.05) is 17.2 Å². The molecule has 2 nitrogen and oxygen atoms in total. The van der Waals surface area contributed by atoms with Gasteiger partial charge in [0.25, 0.3) is 0 Å². The molecule has 1 aromatic rings. The van der Waals surface area contributed by atoms with Crippen molar-refractivity contribution in [3.63, 3.8) is 0 Å². The summed E-state index contributed by atoms with van der Waals surface area (Å²) in [7, 11) is 0. The van der Waals surface area contributed by atoms with Crippen molar-refractivity contribution < 1.29 is 0 Å². The van der Waals surface area contributed by atoms with Crippen molar-refractivity contribution in [1.82, 2.24) is 9.88 Å². The van der Waals surface area contributed by atoms with E-state index < -0.39 is 0 Å². The molecule has 1 aliphatic carbocycles. The van der Waals surface area contributed by atoms with Gasteiger partial charge in [0.15, 0.2) is 0 Å². The van der Waals surface area contributed by atoms with Gasteiger partial charge >= 0.3 is 0 Å². The molecule has 0 N–H and O–H groups in total. The highest BCUT2D eigenvalue weighted by Crippen LogP contribution is 2.44. The highest BCUT2D eigenvalue weighted by molar-refractivity contribution is 5.29. The molecule has 2 aliphatic heterocycles. The summed E-state index contributed by atoms with van der Waals surface area (Å²) in [5.74, 6) is 0. The van der Waals surface area contributed by atoms with Gasteiger partial charge in [-0.25, -0.2) is 0 Å². The van der Waals surface area contributed by atoms with E-state index in [9.17, 15) is 0 Å². The zero-order valence-corrected chi connectivity index (χ0v) is 10.8. The molecule has 2 heteroatoms. The Kier molecular flexibility index (Phi) is 2.51. The van der Waals surface area contributed by atoms with E-state index in [1.54, 1.807) is 5.57 Å². The third-order valence-electron chi connectivity index (χ3n) is 4.82. The van der Waals surface area contributed by atoms with Crippen LogP contribution in [0.1, 0.15) is 44.1 Å². The van der Waals surface area contributed by atoms with Crippen LogP contribution in [0.5, 0.6) is 0 Å². The van der Waals surface area contributed by atoms with Crippen molar-refractivity contribution in [3.8, 4) is 0 Å². The summed E-state index contributed by atoms with van der Waals surface area (Å²) in [6, 6.07) is 5.89. The van der Waals surface area contributed by atoms with Crippen LogP contribution in [-0.2, 0) is 6.54 Å². The molecule has 94 valence electrons. The fourth-order valence-electron chi connectivity index (χ4n) is 3.77. The lowest BCUT2D eigenvalue weighted by molar-refractivity contribution is 0.157. The van der Waals surface area contributed by atoms with Crippen molar-refractivity contribution >= 4 is 0 Å². The highest BCUT2D eigenvalue weighted by Gasteiger charge is 2.39. The van der Waals surface area contributed by atoms with Gasteiger partial charge in [-0.15, -0.1) is 0 Å².